The average molecular weight is 369 g/mol. The maximum Gasteiger partial charge on any atom is 0.262 e. The van der Waals surface area contributed by atoms with E-state index in [-0.39, 0.29) is 16.3 Å². The van der Waals surface area contributed by atoms with Crippen LogP contribution in [0.1, 0.15) is 27.6 Å². The first kappa shape index (κ1) is 16.3. The summed E-state index contributed by atoms with van der Waals surface area (Å²) in [5.41, 5.74) is 1.13. The summed E-state index contributed by atoms with van der Waals surface area (Å²) >= 11 is 1.12. The number of halogens is 1. The molecule has 3 aromatic rings. The summed E-state index contributed by atoms with van der Waals surface area (Å²) in [5, 5.41) is 2.87. The van der Waals surface area contributed by atoms with Crippen LogP contribution in [0.3, 0.4) is 0 Å². The molecule has 0 fully saturated rings. The Morgan fingerprint density at radius 2 is 1.81 bits per heavy atom. The van der Waals surface area contributed by atoms with Crippen LogP contribution in [0.25, 0.3) is 10.2 Å². The minimum Gasteiger partial charge on any atom is -0.300 e. The number of carbonyl (C=O) groups excluding carboxylic acids is 3. The third kappa shape index (κ3) is 2.55. The third-order valence-corrected chi connectivity index (χ3v) is 5.11. The Labute approximate surface area is 151 Å². The second-order valence-corrected chi connectivity index (χ2v) is 6.85. The number of hydrogen-bond acceptors (Lipinski definition) is 5. The molecular formula is C18H12FN3O3S. The summed E-state index contributed by atoms with van der Waals surface area (Å²) < 4.78 is 13.9. The van der Waals surface area contributed by atoms with Crippen molar-refractivity contribution in [3.8, 4) is 0 Å². The Hall–Kier alpha value is -3.13. The van der Waals surface area contributed by atoms with E-state index < -0.39 is 29.6 Å². The van der Waals surface area contributed by atoms with E-state index in [9.17, 15) is 18.8 Å². The van der Waals surface area contributed by atoms with Gasteiger partial charge in [-0.15, -0.1) is 0 Å². The number of hydrogen-bond donors (Lipinski definition) is 1. The van der Waals surface area contributed by atoms with Crippen molar-refractivity contribution in [2.75, 3.05) is 5.32 Å². The highest BCUT2D eigenvalue weighted by Gasteiger charge is 2.40. The third-order valence-electron chi connectivity index (χ3n) is 4.17. The Balaban J connectivity index is 1.56. The number of rotatable bonds is 3. The Morgan fingerprint density at radius 1 is 1.15 bits per heavy atom. The molecule has 3 amide bonds. The van der Waals surface area contributed by atoms with Gasteiger partial charge in [0.25, 0.3) is 11.8 Å². The van der Waals surface area contributed by atoms with Gasteiger partial charge in [0, 0.05) is 0 Å². The van der Waals surface area contributed by atoms with Gasteiger partial charge in [-0.1, -0.05) is 23.5 Å². The maximum absolute atomic E-state index is 13.3. The number of imide groups is 1. The number of thiazole rings is 1. The molecule has 0 radical (unpaired) electrons. The molecule has 130 valence electrons. The second kappa shape index (κ2) is 5.99. The molecule has 0 saturated carbocycles. The summed E-state index contributed by atoms with van der Waals surface area (Å²) in [6, 6.07) is 9.57. The van der Waals surface area contributed by atoms with Crippen LogP contribution in [0.4, 0.5) is 9.52 Å². The second-order valence-electron chi connectivity index (χ2n) is 5.82. The number of nitrogens with zero attached hydrogens (tertiary/aromatic N) is 2. The minimum atomic E-state index is -1.01. The van der Waals surface area contributed by atoms with Crippen molar-refractivity contribution in [3.05, 3.63) is 59.4 Å². The van der Waals surface area contributed by atoms with Gasteiger partial charge >= 0.3 is 0 Å². The molecule has 8 heteroatoms. The normalized spacial score (nSPS) is 14.6. The fourth-order valence-electron chi connectivity index (χ4n) is 2.84. The minimum absolute atomic E-state index is 0.277. The van der Waals surface area contributed by atoms with Crippen molar-refractivity contribution in [2.45, 2.75) is 13.0 Å². The lowest BCUT2D eigenvalue weighted by atomic mass is 10.1. The smallest absolute Gasteiger partial charge is 0.262 e. The van der Waals surface area contributed by atoms with E-state index in [0.717, 1.165) is 16.2 Å². The van der Waals surface area contributed by atoms with Crippen LogP contribution in [0.15, 0.2) is 42.5 Å². The summed E-state index contributed by atoms with van der Waals surface area (Å²) in [7, 11) is 0. The van der Waals surface area contributed by atoms with Crippen LogP contribution in [0, 0.1) is 5.82 Å². The number of anilines is 1. The molecule has 2 aromatic carbocycles. The van der Waals surface area contributed by atoms with Gasteiger partial charge in [0.05, 0.1) is 21.3 Å². The number of nitrogens with one attached hydrogen (secondary N) is 1. The lowest BCUT2D eigenvalue weighted by Gasteiger charge is -2.21. The van der Waals surface area contributed by atoms with Crippen molar-refractivity contribution in [2.24, 2.45) is 0 Å². The maximum atomic E-state index is 13.3. The first-order valence-electron chi connectivity index (χ1n) is 7.79. The molecule has 0 aliphatic carbocycles. The van der Waals surface area contributed by atoms with Crippen molar-refractivity contribution in [1.82, 2.24) is 9.88 Å². The van der Waals surface area contributed by atoms with E-state index in [4.69, 9.17) is 0 Å². The zero-order chi connectivity index (χ0) is 18.4. The summed E-state index contributed by atoms with van der Waals surface area (Å²) in [5.74, 6) is -1.93. The number of aromatic nitrogens is 1. The highest BCUT2D eigenvalue weighted by molar-refractivity contribution is 7.22. The van der Waals surface area contributed by atoms with Gasteiger partial charge in [-0.25, -0.2) is 9.37 Å². The number of carbonyl (C=O) groups is 3. The molecule has 6 nitrogen and oxygen atoms in total. The highest BCUT2D eigenvalue weighted by atomic mass is 32.1. The van der Waals surface area contributed by atoms with Crippen LogP contribution in [-0.4, -0.2) is 33.6 Å². The molecular weight excluding hydrogens is 357 g/mol. The van der Waals surface area contributed by atoms with E-state index in [2.05, 4.69) is 10.3 Å². The van der Waals surface area contributed by atoms with Crippen molar-refractivity contribution >= 4 is 44.4 Å². The largest absolute Gasteiger partial charge is 0.300 e. The van der Waals surface area contributed by atoms with Crippen LogP contribution in [0.5, 0.6) is 0 Å². The van der Waals surface area contributed by atoms with Crippen molar-refractivity contribution < 1.29 is 18.8 Å². The predicted molar refractivity (Wildman–Crippen MR) is 94.6 cm³/mol. The monoisotopic (exact) mass is 369 g/mol. The highest BCUT2D eigenvalue weighted by Crippen LogP contribution is 2.28. The number of amides is 3. The number of fused-ring (bicyclic) bond motifs is 2. The Morgan fingerprint density at radius 3 is 2.46 bits per heavy atom. The molecule has 4 rings (SSSR count). The predicted octanol–water partition coefficient (Wildman–Crippen LogP) is 3.06. The SMILES string of the molecule is CC(C(=O)Nc1nc2ccc(F)cc2s1)N1C(=O)c2ccccc2C1=O. The van der Waals surface area contributed by atoms with E-state index in [0.29, 0.717) is 10.2 Å². The van der Waals surface area contributed by atoms with E-state index >= 15 is 0 Å². The van der Waals surface area contributed by atoms with Gasteiger partial charge in [0.1, 0.15) is 11.9 Å². The summed E-state index contributed by atoms with van der Waals surface area (Å²) in [4.78, 5) is 42.6. The zero-order valence-electron chi connectivity index (χ0n) is 13.5. The summed E-state index contributed by atoms with van der Waals surface area (Å²) in [6.07, 6.45) is 0. The molecule has 26 heavy (non-hydrogen) atoms. The molecule has 0 spiro atoms. The topological polar surface area (TPSA) is 79.4 Å². The fourth-order valence-corrected chi connectivity index (χ4v) is 3.73. The first-order chi connectivity index (χ1) is 12.5. The molecule has 1 atom stereocenters. The number of benzene rings is 2. The van der Waals surface area contributed by atoms with E-state index in [1.165, 1.54) is 25.1 Å². The van der Waals surface area contributed by atoms with Crippen LogP contribution in [0.2, 0.25) is 0 Å². The molecule has 1 aliphatic heterocycles. The van der Waals surface area contributed by atoms with Crippen LogP contribution < -0.4 is 5.32 Å². The molecule has 0 bridgehead atoms. The van der Waals surface area contributed by atoms with Crippen LogP contribution >= 0.6 is 11.3 Å². The van der Waals surface area contributed by atoms with Gasteiger partial charge in [-0.3, -0.25) is 19.3 Å². The van der Waals surface area contributed by atoms with Gasteiger partial charge in [0.15, 0.2) is 5.13 Å². The Bertz CT molecular complexity index is 1040. The average Bonchev–Trinajstić information content (AvgIpc) is 3.13. The molecule has 0 saturated heterocycles. The van der Waals surface area contributed by atoms with Crippen molar-refractivity contribution in [1.29, 1.82) is 0 Å². The van der Waals surface area contributed by atoms with Crippen LogP contribution in [-0.2, 0) is 4.79 Å². The van der Waals surface area contributed by atoms with Gasteiger partial charge < -0.3 is 5.32 Å². The standard InChI is InChI=1S/C18H12FN3O3S/c1-9(22-16(24)11-4-2-3-5-12(11)17(22)25)15(23)21-18-20-13-7-6-10(19)8-14(13)26-18/h2-9H,1H3,(H,20,21,23). The summed E-state index contributed by atoms with van der Waals surface area (Å²) in [6.45, 7) is 1.48. The van der Waals surface area contributed by atoms with E-state index in [1.807, 2.05) is 0 Å². The van der Waals surface area contributed by atoms with Crippen molar-refractivity contribution in [3.63, 3.8) is 0 Å². The zero-order valence-corrected chi connectivity index (χ0v) is 14.3. The lowest BCUT2D eigenvalue weighted by molar-refractivity contribution is -0.119. The molecule has 1 aliphatic rings. The fraction of sp³-hybridized carbons (Fsp3) is 0.111. The molecule has 1 unspecified atom stereocenters. The molecule has 1 aromatic heterocycles. The van der Waals surface area contributed by atoms with Gasteiger partial charge in [0.2, 0.25) is 5.91 Å². The molecule has 2 heterocycles. The van der Waals surface area contributed by atoms with Gasteiger partial charge in [-0.2, -0.15) is 0 Å². The van der Waals surface area contributed by atoms with Gasteiger partial charge in [-0.05, 0) is 37.3 Å². The first-order valence-corrected chi connectivity index (χ1v) is 8.61. The quantitative estimate of drug-likeness (QED) is 0.720. The Kier molecular flexibility index (Phi) is 3.77. The lowest BCUT2D eigenvalue weighted by Crippen LogP contribution is -2.45. The molecule has 1 N–H and O–H groups in total. The van der Waals surface area contributed by atoms with E-state index in [1.54, 1.807) is 24.3 Å².